The van der Waals surface area contributed by atoms with E-state index in [1.165, 1.54) is 6.07 Å². The molecule has 0 saturated carbocycles. The molecule has 150 valence electrons. The smallest absolute Gasteiger partial charge is 0.338 e. The zero-order chi connectivity index (χ0) is 20.1. The molecular formula is C18H24N6O4. The van der Waals surface area contributed by atoms with E-state index in [2.05, 4.69) is 22.4 Å². The molecule has 10 heteroatoms. The lowest BCUT2D eigenvalue weighted by Crippen LogP contribution is -2.33. The van der Waals surface area contributed by atoms with Crippen LogP contribution in [0, 0.1) is 16.0 Å². The van der Waals surface area contributed by atoms with Gasteiger partial charge in [-0.1, -0.05) is 13.8 Å². The lowest BCUT2D eigenvalue weighted by atomic mass is 9.98. The predicted octanol–water partition coefficient (Wildman–Crippen LogP) is 2.58. The first kappa shape index (κ1) is 19.7. The number of aryl methyl sites for hydroxylation is 1. The van der Waals surface area contributed by atoms with Crippen molar-refractivity contribution in [3.05, 3.63) is 39.7 Å². The van der Waals surface area contributed by atoms with E-state index in [9.17, 15) is 14.9 Å². The minimum absolute atomic E-state index is 0.0835. The Morgan fingerprint density at radius 2 is 2.11 bits per heavy atom. The largest absolute Gasteiger partial charge is 0.454 e. The summed E-state index contributed by atoms with van der Waals surface area (Å²) in [4.78, 5) is 25.5. The Kier molecular flexibility index (Phi) is 6.17. The van der Waals surface area contributed by atoms with Crippen molar-refractivity contribution >= 4 is 17.3 Å². The number of hydrogen-bond acceptors (Lipinski definition) is 8. The van der Waals surface area contributed by atoms with Gasteiger partial charge in [0.2, 0.25) is 0 Å². The SMILES string of the molecule is CCCn1nnnc1COC(=O)c1ccc(N2CCC(C)CC2)c([N+](=O)[O-])c1. The first-order valence-electron chi connectivity index (χ1n) is 9.45. The highest BCUT2D eigenvalue weighted by molar-refractivity contribution is 5.91. The molecule has 0 spiro atoms. The number of nitrogens with zero attached hydrogens (tertiary/aromatic N) is 6. The van der Waals surface area contributed by atoms with Gasteiger partial charge in [0, 0.05) is 25.7 Å². The second-order valence-electron chi connectivity index (χ2n) is 7.02. The number of carbonyl (C=O) groups is 1. The molecule has 0 unspecified atom stereocenters. The number of ether oxygens (including phenoxy) is 1. The van der Waals surface area contributed by atoms with Gasteiger partial charge in [-0.3, -0.25) is 10.1 Å². The Morgan fingerprint density at radius 3 is 2.79 bits per heavy atom. The molecule has 2 aromatic rings. The third-order valence-corrected chi connectivity index (χ3v) is 4.91. The highest BCUT2D eigenvalue weighted by Gasteiger charge is 2.25. The summed E-state index contributed by atoms with van der Waals surface area (Å²) in [6, 6.07) is 4.48. The lowest BCUT2D eigenvalue weighted by molar-refractivity contribution is -0.384. The van der Waals surface area contributed by atoms with Crippen LogP contribution in [0.25, 0.3) is 0 Å². The van der Waals surface area contributed by atoms with Crippen LogP contribution in [0.3, 0.4) is 0 Å². The number of benzene rings is 1. The molecule has 1 aliphatic heterocycles. The number of hydrogen-bond donors (Lipinski definition) is 0. The van der Waals surface area contributed by atoms with Crippen LogP contribution in [0.5, 0.6) is 0 Å². The van der Waals surface area contributed by atoms with Gasteiger partial charge in [-0.25, -0.2) is 9.48 Å². The number of nitro benzene ring substituents is 1. The van der Waals surface area contributed by atoms with Gasteiger partial charge in [-0.15, -0.1) is 5.10 Å². The first-order valence-corrected chi connectivity index (χ1v) is 9.45. The number of tetrazole rings is 1. The number of esters is 1. The molecule has 0 atom stereocenters. The zero-order valence-electron chi connectivity index (χ0n) is 16.1. The maximum absolute atomic E-state index is 12.4. The third kappa shape index (κ3) is 4.44. The maximum Gasteiger partial charge on any atom is 0.338 e. The summed E-state index contributed by atoms with van der Waals surface area (Å²) in [6.07, 6.45) is 2.83. The van der Waals surface area contributed by atoms with Crippen molar-refractivity contribution in [1.29, 1.82) is 0 Å². The van der Waals surface area contributed by atoms with Gasteiger partial charge < -0.3 is 9.64 Å². The van der Waals surface area contributed by atoms with E-state index in [-0.39, 0.29) is 17.9 Å². The number of carbonyl (C=O) groups excluding carboxylic acids is 1. The summed E-state index contributed by atoms with van der Waals surface area (Å²) < 4.78 is 6.82. The fourth-order valence-corrected chi connectivity index (χ4v) is 3.24. The fourth-order valence-electron chi connectivity index (χ4n) is 3.24. The van der Waals surface area contributed by atoms with Crippen LogP contribution in [-0.4, -0.2) is 44.2 Å². The van der Waals surface area contributed by atoms with Crippen molar-refractivity contribution in [3.63, 3.8) is 0 Å². The maximum atomic E-state index is 12.4. The van der Waals surface area contributed by atoms with Crippen LogP contribution in [0.4, 0.5) is 11.4 Å². The molecule has 3 rings (SSSR count). The Bertz CT molecular complexity index is 844. The van der Waals surface area contributed by atoms with Gasteiger partial charge in [0.1, 0.15) is 5.69 Å². The third-order valence-electron chi connectivity index (χ3n) is 4.91. The molecule has 0 radical (unpaired) electrons. The van der Waals surface area contributed by atoms with Gasteiger partial charge in [-0.05, 0) is 47.7 Å². The van der Waals surface area contributed by atoms with Crippen LogP contribution in [0.15, 0.2) is 18.2 Å². The topological polar surface area (TPSA) is 116 Å². The van der Waals surface area contributed by atoms with Gasteiger partial charge in [0.15, 0.2) is 12.4 Å². The van der Waals surface area contributed by atoms with Crippen molar-refractivity contribution in [2.45, 2.75) is 46.3 Å². The Hall–Kier alpha value is -3.04. The van der Waals surface area contributed by atoms with E-state index in [4.69, 9.17) is 4.74 Å². The summed E-state index contributed by atoms with van der Waals surface area (Å²) in [7, 11) is 0. The van der Waals surface area contributed by atoms with Gasteiger partial charge in [0.25, 0.3) is 5.69 Å². The molecule has 1 aliphatic rings. The molecule has 0 N–H and O–H groups in total. The minimum Gasteiger partial charge on any atom is -0.454 e. The number of rotatable bonds is 7. The van der Waals surface area contributed by atoms with E-state index < -0.39 is 10.9 Å². The number of piperidine rings is 1. The molecule has 0 amide bonds. The molecule has 10 nitrogen and oxygen atoms in total. The van der Waals surface area contributed by atoms with Crippen molar-refractivity contribution in [2.24, 2.45) is 5.92 Å². The van der Waals surface area contributed by atoms with E-state index in [0.717, 1.165) is 32.4 Å². The molecule has 1 aromatic carbocycles. The van der Waals surface area contributed by atoms with Crippen LogP contribution < -0.4 is 4.90 Å². The monoisotopic (exact) mass is 388 g/mol. The molecular weight excluding hydrogens is 364 g/mol. The van der Waals surface area contributed by atoms with E-state index in [1.807, 2.05) is 11.8 Å². The molecule has 0 bridgehead atoms. The molecule has 1 aromatic heterocycles. The molecule has 0 aliphatic carbocycles. The second-order valence-corrected chi connectivity index (χ2v) is 7.02. The molecule has 1 fully saturated rings. The standard InChI is InChI=1S/C18H24N6O4/c1-3-8-23-17(19-20-21-23)12-28-18(25)14-4-5-15(16(11-14)24(26)27)22-9-6-13(2)7-10-22/h4-5,11,13H,3,6-10,12H2,1-2H3. The summed E-state index contributed by atoms with van der Waals surface area (Å²) in [6.45, 7) is 6.24. The normalized spacial score (nSPS) is 14.9. The average molecular weight is 388 g/mol. The Labute approximate surface area is 162 Å². The molecule has 28 heavy (non-hydrogen) atoms. The Morgan fingerprint density at radius 1 is 1.36 bits per heavy atom. The highest BCUT2D eigenvalue weighted by atomic mass is 16.6. The van der Waals surface area contributed by atoms with E-state index in [1.54, 1.807) is 16.8 Å². The van der Waals surface area contributed by atoms with E-state index in [0.29, 0.717) is 24.0 Å². The summed E-state index contributed by atoms with van der Waals surface area (Å²) in [5, 5.41) is 22.8. The van der Waals surface area contributed by atoms with Gasteiger partial charge in [0.05, 0.1) is 10.5 Å². The van der Waals surface area contributed by atoms with Gasteiger partial charge in [-0.2, -0.15) is 0 Å². The second kappa shape index (κ2) is 8.77. The highest BCUT2D eigenvalue weighted by Crippen LogP contribution is 2.32. The Balaban J connectivity index is 1.73. The molecule has 1 saturated heterocycles. The molecule has 2 heterocycles. The van der Waals surface area contributed by atoms with Crippen molar-refractivity contribution < 1.29 is 14.5 Å². The van der Waals surface area contributed by atoms with Crippen LogP contribution >= 0.6 is 0 Å². The number of aromatic nitrogens is 4. The van der Waals surface area contributed by atoms with Crippen molar-refractivity contribution in [1.82, 2.24) is 20.2 Å². The summed E-state index contributed by atoms with van der Waals surface area (Å²) in [5.74, 6) is 0.408. The predicted molar refractivity (Wildman–Crippen MR) is 101 cm³/mol. The quantitative estimate of drug-likeness (QED) is 0.404. The van der Waals surface area contributed by atoms with Crippen LogP contribution in [0.2, 0.25) is 0 Å². The van der Waals surface area contributed by atoms with Crippen molar-refractivity contribution in [3.8, 4) is 0 Å². The van der Waals surface area contributed by atoms with E-state index >= 15 is 0 Å². The van der Waals surface area contributed by atoms with Crippen LogP contribution in [0.1, 0.15) is 49.3 Å². The average Bonchev–Trinajstić information content (AvgIpc) is 3.13. The number of anilines is 1. The lowest BCUT2D eigenvalue weighted by Gasteiger charge is -2.31. The van der Waals surface area contributed by atoms with Crippen LogP contribution in [-0.2, 0) is 17.9 Å². The van der Waals surface area contributed by atoms with Gasteiger partial charge >= 0.3 is 5.97 Å². The fraction of sp³-hybridized carbons (Fsp3) is 0.556. The summed E-state index contributed by atoms with van der Waals surface area (Å²) >= 11 is 0. The zero-order valence-corrected chi connectivity index (χ0v) is 16.1. The summed E-state index contributed by atoms with van der Waals surface area (Å²) in [5.41, 5.74) is 0.593. The number of nitro groups is 1. The van der Waals surface area contributed by atoms with Crippen molar-refractivity contribution in [2.75, 3.05) is 18.0 Å². The minimum atomic E-state index is -0.645. The first-order chi connectivity index (χ1) is 13.5.